The van der Waals surface area contributed by atoms with Crippen LogP contribution in [0.1, 0.15) is 36.1 Å². The van der Waals surface area contributed by atoms with Crippen molar-refractivity contribution >= 4 is 5.91 Å². The molecule has 2 atom stereocenters. The van der Waals surface area contributed by atoms with E-state index in [1.807, 2.05) is 42.5 Å². The van der Waals surface area contributed by atoms with Gasteiger partial charge in [0.25, 0.3) is 0 Å². The number of rotatable bonds is 5. The summed E-state index contributed by atoms with van der Waals surface area (Å²) in [4.78, 5) is 14.3. The summed E-state index contributed by atoms with van der Waals surface area (Å²) < 4.78 is 5.23. The predicted molar refractivity (Wildman–Crippen MR) is 90.1 cm³/mol. The van der Waals surface area contributed by atoms with Crippen LogP contribution in [0.25, 0.3) is 0 Å². The number of nitrogens with zero attached hydrogens (tertiary/aromatic N) is 1. The molecule has 2 aromatic carbocycles. The fourth-order valence-corrected chi connectivity index (χ4v) is 3.44. The number of benzene rings is 2. The molecular formula is C19H22N2O2. The molecule has 120 valence electrons. The van der Waals surface area contributed by atoms with Gasteiger partial charge in [0.15, 0.2) is 0 Å². The topological polar surface area (TPSA) is 55.6 Å². The number of carbonyl (C=O) groups is 1. The van der Waals surface area contributed by atoms with Crippen molar-refractivity contribution in [3.8, 4) is 5.75 Å². The Bertz CT molecular complexity index is 655. The number of likely N-dealkylation sites (tertiary alicyclic amines) is 1. The number of methoxy groups -OCH3 is 1. The molecular weight excluding hydrogens is 288 g/mol. The van der Waals surface area contributed by atoms with Gasteiger partial charge in [-0.1, -0.05) is 42.5 Å². The van der Waals surface area contributed by atoms with Crippen LogP contribution in [-0.2, 0) is 4.79 Å². The molecule has 1 aliphatic rings. The molecule has 2 N–H and O–H groups in total. The molecule has 1 aliphatic heterocycles. The first-order valence-corrected chi connectivity index (χ1v) is 7.94. The lowest BCUT2D eigenvalue weighted by atomic mass is 9.99. The largest absolute Gasteiger partial charge is 0.497 e. The maximum atomic E-state index is 12.1. The van der Waals surface area contributed by atoms with Crippen LogP contribution >= 0.6 is 0 Å². The van der Waals surface area contributed by atoms with Crippen LogP contribution in [-0.4, -0.2) is 24.5 Å². The van der Waals surface area contributed by atoms with Crippen LogP contribution in [0.4, 0.5) is 0 Å². The number of nitrogens with two attached hydrogens (primary N) is 1. The van der Waals surface area contributed by atoms with E-state index < -0.39 is 0 Å². The van der Waals surface area contributed by atoms with Gasteiger partial charge in [0.05, 0.1) is 7.11 Å². The Kier molecular flexibility index (Phi) is 4.63. The van der Waals surface area contributed by atoms with E-state index in [0.29, 0.717) is 0 Å². The summed E-state index contributed by atoms with van der Waals surface area (Å²) in [5, 5.41) is 0. The van der Waals surface area contributed by atoms with Gasteiger partial charge in [-0.25, -0.2) is 0 Å². The van der Waals surface area contributed by atoms with Gasteiger partial charge < -0.3 is 10.5 Å². The molecule has 4 heteroatoms. The second kappa shape index (κ2) is 6.84. The van der Waals surface area contributed by atoms with Gasteiger partial charge in [-0.15, -0.1) is 0 Å². The summed E-state index contributed by atoms with van der Waals surface area (Å²) in [6.07, 6.45) is 2.09. The molecule has 0 saturated carbocycles. The fourth-order valence-electron chi connectivity index (χ4n) is 3.44. The van der Waals surface area contributed by atoms with Crippen LogP contribution in [0.5, 0.6) is 5.75 Å². The highest BCUT2D eigenvalue weighted by Crippen LogP contribution is 2.38. The van der Waals surface area contributed by atoms with Gasteiger partial charge in [-0.3, -0.25) is 9.69 Å². The van der Waals surface area contributed by atoms with Crippen molar-refractivity contribution in [1.29, 1.82) is 0 Å². The summed E-state index contributed by atoms with van der Waals surface area (Å²) >= 11 is 0. The lowest BCUT2D eigenvalue weighted by molar-refractivity contribution is -0.123. The summed E-state index contributed by atoms with van der Waals surface area (Å²) in [5.74, 6) is 0.546. The SMILES string of the molecule is COc1ccc([C@H]2CCCN2[C@H](C(N)=O)c2ccccc2)cc1. The molecule has 2 aromatic rings. The molecule has 1 fully saturated rings. The maximum Gasteiger partial charge on any atom is 0.239 e. The summed E-state index contributed by atoms with van der Waals surface area (Å²) in [7, 11) is 1.66. The van der Waals surface area contributed by atoms with E-state index in [1.54, 1.807) is 7.11 Å². The molecule has 1 saturated heterocycles. The highest BCUT2D eigenvalue weighted by atomic mass is 16.5. The number of primary amides is 1. The Balaban J connectivity index is 1.90. The normalized spacial score (nSPS) is 19.4. The van der Waals surface area contributed by atoms with E-state index in [-0.39, 0.29) is 18.0 Å². The zero-order chi connectivity index (χ0) is 16.2. The zero-order valence-corrected chi connectivity index (χ0v) is 13.3. The highest BCUT2D eigenvalue weighted by molar-refractivity contribution is 5.81. The van der Waals surface area contributed by atoms with Crippen molar-refractivity contribution in [1.82, 2.24) is 4.90 Å². The lowest BCUT2D eigenvalue weighted by Crippen LogP contribution is -2.37. The molecule has 4 nitrogen and oxygen atoms in total. The number of hydrogen-bond acceptors (Lipinski definition) is 3. The average Bonchev–Trinajstić information content (AvgIpc) is 3.05. The molecule has 1 heterocycles. The number of amides is 1. The quantitative estimate of drug-likeness (QED) is 0.923. The van der Waals surface area contributed by atoms with Crippen molar-refractivity contribution in [2.24, 2.45) is 5.73 Å². The molecule has 0 aromatic heterocycles. The van der Waals surface area contributed by atoms with Crippen LogP contribution in [0.2, 0.25) is 0 Å². The molecule has 1 amide bonds. The van der Waals surface area contributed by atoms with Crippen LogP contribution in [0.15, 0.2) is 54.6 Å². The minimum Gasteiger partial charge on any atom is -0.497 e. The molecule has 3 rings (SSSR count). The Hall–Kier alpha value is -2.33. The molecule has 0 unspecified atom stereocenters. The third-order valence-electron chi connectivity index (χ3n) is 4.51. The Morgan fingerprint density at radius 2 is 1.87 bits per heavy atom. The minimum absolute atomic E-state index is 0.207. The van der Waals surface area contributed by atoms with Crippen molar-refractivity contribution in [3.63, 3.8) is 0 Å². The predicted octanol–water partition coefficient (Wildman–Crippen LogP) is 3.06. The number of carbonyl (C=O) groups excluding carboxylic acids is 1. The lowest BCUT2D eigenvalue weighted by Gasteiger charge is -2.31. The van der Waals surface area contributed by atoms with Gasteiger partial charge in [0.2, 0.25) is 5.91 Å². The maximum absolute atomic E-state index is 12.1. The average molecular weight is 310 g/mol. The minimum atomic E-state index is -0.384. The van der Waals surface area contributed by atoms with Crippen LogP contribution in [0.3, 0.4) is 0 Å². The molecule has 0 radical (unpaired) electrons. The Morgan fingerprint density at radius 1 is 1.17 bits per heavy atom. The first-order valence-electron chi connectivity index (χ1n) is 7.94. The smallest absolute Gasteiger partial charge is 0.239 e. The van der Waals surface area contributed by atoms with E-state index in [0.717, 1.165) is 30.7 Å². The first kappa shape index (κ1) is 15.6. The van der Waals surface area contributed by atoms with E-state index in [9.17, 15) is 4.79 Å². The van der Waals surface area contributed by atoms with Gasteiger partial charge in [-0.05, 0) is 42.6 Å². The molecule has 23 heavy (non-hydrogen) atoms. The molecule has 0 bridgehead atoms. The number of ether oxygens (including phenoxy) is 1. The van der Waals surface area contributed by atoms with Gasteiger partial charge >= 0.3 is 0 Å². The van der Waals surface area contributed by atoms with Crippen LogP contribution < -0.4 is 10.5 Å². The second-order valence-electron chi connectivity index (χ2n) is 5.88. The molecule has 0 spiro atoms. The fraction of sp³-hybridized carbons (Fsp3) is 0.316. The Morgan fingerprint density at radius 3 is 2.48 bits per heavy atom. The van der Waals surface area contributed by atoms with E-state index in [4.69, 9.17) is 10.5 Å². The van der Waals surface area contributed by atoms with Gasteiger partial charge in [-0.2, -0.15) is 0 Å². The standard InChI is InChI=1S/C19H22N2O2/c1-23-16-11-9-14(10-12-16)17-8-5-13-21(17)18(19(20)22)15-6-3-2-4-7-15/h2-4,6-7,9-12,17-18H,5,8,13H2,1H3,(H2,20,22)/t17-,18+/m1/s1. The van der Waals surface area contributed by atoms with Gasteiger partial charge in [0.1, 0.15) is 11.8 Å². The third kappa shape index (κ3) is 3.22. The monoisotopic (exact) mass is 310 g/mol. The second-order valence-corrected chi connectivity index (χ2v) is 5.88. The highest BCUT2D eigenvalue weighted by Gasteiger charge is 2.35. The zero-order valence-electron chi connectivity index (χ0n) is 13.3. The number of hydrogen-bond donors (Lipinski definition) is 1. The van der Waals surface area contributed by atoms with Crippen molar-refractivity contribution in [3.05, 3.63) is 65.7 Å². The van der Waals surface area contributed by atoms with E-state index >= 15 is 0 Å². The van der Waals surface area contributed by atoms with Gasteiger partial charge in [0, 0.05) is 6.04 Å². The van der Waals surface area contributed by atoms with Crippen molar-refractivity contribution < 1.29 is 9.53 Å². The first-order chi connectivity index (χ1) is 11.2. The summed E-state index contributed by atoms with van der Waals surface area (Å²) in [6.45, 7) is 0.874. The van der Waals surface area contributed by atoms with E-state index in [1.165, 1.54) is 5.56 Å². The van der Waals surface area contributed by atoms with E-state index in [2.05, 4.69) is 17.0 Å². The van der Waals surface area contributed by atoms with Crippen molar-refractivity contribution in [2.45, 2.75) is 24.9 Å². The van der Waals surface area contributed by atoms with Crippen molar-refractivity contribution in [2.75, 3.05) is 13.7 Å². The summed E-state index contributed by atoms with van der Waals surface area (Å²) in [6, 6.07) is 17.7. The molecule has 0 aliphatic carbocycles. The third-order valence-corrected chi connectivity index (χ3v) is 4.51. The Labute approximate surface area is 136 Å². The van der Waals surface area contributed by atoms with Crippen LogP contribution in [0, 0.1) is 0 Å². The summed E-state index contributed by atoms with van der Waals surface area (Å²) in [5.41, 5.74) is 7.89.